The van der Waals surface area contributed by atoms with E-state index in [1.807, 2.05) is 65.5 Å². The van der Waals surface area contributed by atoms with E-state index >= 15 is 0 Å². The van der Waals surface area contributed by atoms with Crippen LogP contribution in [0.25, 0.3) is 16.9 Å². The Balaban J connectivity index is 1.68. The Morgan fingerprint density at radius 2 is 1.59 bits per heavy atom. The van der Waals surface area contributed by atoms with E-state index in [0.29, 0.717) is 6.54 Å². The number of benzene rings is 3. The third-order valence-corrected chi connectivity index (χ3v) is 4.78. The van der Waals surface area contributed by atoms with Gasteiger partial charge < -0.3 is 5.32 Å². The molecule has 0 saturated heterocycles. The van der Waals surface area contributed by atoms with Crippen molar-refractivity contribution in [3.8, 4) is 16.9 Å². The van der Waals surface area contributed by atoms with Crippen LogP contribution >= 0.6 is 15.9 Å². The highest BCUT2D eigenvalue weighted by Gasteiger charge is 2.12. The molecule has 0 saturated carbocycles. The third-order valence-electron chi connectivity index (χ3n) is 4.26. The van der Waals surface area contributed by atoms with Crippen molar-refractivity contribution in [2.45, 2.75) is 6.54 Å². The van der Waals surface area contributed by atoms with E-state index in [-0.39, 0.29) is 5.82 Å². The smallest absolute Gasteiger partial charge is 0.123 e. The number of anilines is 1. The summed E-state index contributed by atoms with van der Waals surface area (Å²) >= 11 is 3.48. The molecule has 0 bridgehead atoms. The molecule has 27 heavy (non-hydrogen) atoms. The molecule has 4 aromatic rings. The van der Waals surface area contributed by atoms with Crippen LogP contribution in [0.5, 0.6) is 0 Å². The van der Waals surface area contributed by atoms with Gasteiger partial charge in [0.1, 0.15) is 5.82 Å². The number of halogens is 2. The Hall–Kier alpha value is -2.92. The highest BCUT2D eigenvalue weighted by Crippen LogP contribution is 2.26. The molecule has 5 heteroatoms. The molecule has 0 spiro atoms. The molecule has 1 aromatic heterocycles. The number of hydrogen-bond donors (Lipinski definition) is 1. The first kappa shape index (κ1) is 17.5. The summed E-state index contributed by atoms with van der Waals surface area (Å²) in [6.07, 6.45) is 2.03. The minimum atomic E-state index is -0.243. The van der Waals surface area contributed by atoms with Gasteiger partial charge in [-0.2, -0.15) is 5.10 Å². The van der Waals surface area contributed by atoms with Crippen molar-refractivity contribution in [3.63, 3.8) is 0 Å². The summed E-state index contributed by atoms with van der Waals surface area (Å²) in [5.74, 6) is -0.243. The van der Waals surface area contributed by atoms with Crippen LogP contribution in [-0.4, -0.2) is 9.78 Å². The van der Waals surface area contributed by atoms with Crippen molar-refractivity contribution in [1.29, 1.82) is 0 Å². The maximum absolute atomic E-state index is 13.1. The third kappa shape index (κ3) is 4.09. The number of nitrogens with one attached hydrogen (secondary N) is 1. The zero-order valence-electron chi connectivity index (χ0n) is 14.4. The summed E-state index contributed by atoms with van der Waals surface area (Å²) in [7, 11) is 0. The molecule has 3 aromatic carbocycles. The Bertz CT molecular complexity index is 1030. The van der Waals surface area contributed by atoms with Gasteiger partial charge in [0.05, 0.1) is 11.4 Å². The highest BCUT2D eigenvalue weighted by molar-refractivity contribution is 9.10. The first-order valence-electron chi connectivity index (χ1n) is 8.58. The van der Waals surface area contributed by atoms with Gasteiger partial charge in [-0.25, -0.2) is 9.07 Å². The van der Waals surface area contributed by atoms with Crippen LogP contribution in [0, 0.1) is 5.82 Å². The number of rotatable bonds is 5. The van der Waals surface area contributed by atoms with E-state index in [4.69, 9.17) is 5.10 Å². The lowest BCUT2D eigenvalue weighted by molar-refractivity contribution is 0.628. The van der Waals surface area contributed by atoms with Gasteiger partial charge in [-0.1, -0.05) is 46.3 Å². The molecule has 4 rings (SSSR count). The Labute approximate surface area is 165 Å². The normalized spacial score (nSPS) is 10.7. The molecule has 0 amide bonds. The fraction of sp³-hybridized carbons (Fsp3) is 0.0455. The van der Waals surface area contributed by atoms with Gasteiger partial charge in [0, 0.05) is 34.0 Å². The van der Waals surface area contributed by atoms with E-state index in [9.17, 15) is 4.39 Å². The van der Waals surface area contributed by atoms with E-state index in [1.54, 1.807) is 12.1 Å². The molecule has 0 aliphatic carbocycles. The topological polar surface area (TPSA) is 29.9 Å². The van der Waals surface area contributed by atoms with Gasteiger partial charge in [0.2, 0.25) is 0 Å². The summed E-state index contributed by atoms with van der Waals surface area (Å²) < 4.78 is 16.0. The minimum Gasteiger partial charge on any atom is -0.381 e. The summed E-state index contributed by atoms with van der Waals surface area (Å²) in [5, 5.41) is 8.15. The Morgan fingerprint density at radius 3 is 2.30 bits per heavy atom. The molecular weight excluding hydrogens is 405 g/mol. The fourth-order valence-corrected chi connectivity index (χ4v) is 3.13. The standard InChI is InChI=1S/C22H17BrFN3/c23-18-8-6-16(7-9-18)22-17(14-25-20-12-10-19(24)11-13-20)15-27(26-22)21-4-2-1-3-5-21/h1-13,15,25H,14H2. The number of aromatic nitrogens is 2. The molecule has 0 radical (unpaired) electrons. The molecule has 1 N–H and O–H groups in total. The quantitative estimate of drug-likeness (QED) is 0.424. The molecule has 134 valence electrons. The lowest BCUT2D eigenvalue weighted by Gasteiger charge is -2.07. The van der Waals surface area contributed by atoms with Crippen molar-refractivity contribution in [2.24, 2.45) is 0 Å². The summed E-state index contributed by atoms with van der Waals surface area (Å²) in [5.41, 5.74) is 4.89. The zero-order chi connectivity index (χ0) is 18.6. The van der Waals surface area contributed by atoms with Gasteiger partial charge >= 0.3 is 0 Å². The van der Waals surface area contributed by atoms with Gasteiger partial charge in [0.15, 0.2) is 0 Å². The molecule has 0 aliphatic rings. The van der Waals surface area contributed by atoms with Crippen LogP contribution < -0.4 is 5.32 Å². The predicted octanol–water partition coefficient (Wildman–Crippen LogP) is 6.05. The van der Waals surface area contributed by atoms with Gasteiger partial charge in [-0.15, -0.1) is 0 Å². The molecule has 0 fully saturated rings. The fourth-order valence-electron chi connectivity index (χ4n) is 2.87. The van der Waals surface area contributed by atoms with Crippen molar-refractivity contribution in [2.75, 3.05) is 5.32 Å². The number of hydrogen-bond acceptors (Lipinski definition) is 2. The van der Waals surface area contributed by atoms with Gasteiger partial charge in [-0.05, 0) is 48.5 Å². The van der Waals surface area contributed by atoms with Gasteiger partial charge in [-0.3, -0.25) is 0 Å². The first-order valence-corrected chi connectivity index (χ1v) is 9.38. The molecule has 0 aliphatic heterocycles. The zero-order valence-corrected chi connectivity index (χ0v) is 16.0. The van der Waals surface area contributed by atoms with Crippen LogP contribution in [0.4, 0.5) is 10.1 Å². The highest BCUT2D eigenvalue weighted by atomic mass is 79.9. The summed E-state index contributed by atoms with van der Waals surface area (Å²) in [6, 6.07) is 24.5. The molecule has 3 nitrogen and oxygen atoms in total. The average Bonchev–Trinajstić information content (AvgIpc) is 3.13. The monoisotopic (exact) mass is 421 g/mol. The second-order valence-corrected chi connectivity index (χ2v) is 7.07. The second kappa shape index (κ2) is 7.76. The van der Waals surface area contributed by atoms with Crippen LogP contribution in [0.15, 0.2) is 89.5 Å². The largest absolute Gasteiger partial charge is 0.381 e. The second-order valence-electron chi connectivity index (χ2n) is 6.15. The SMILES string of the molecule is Fc1ccc(NCc2cn(-c3ccccc3)nc2-c2ccc(Br)cc2)cc1. The summed E-state index contributed by atoms with van der Waals surface area (Å²) in [4.78, 5) is 0. The molecule has 0 unspecified atom stereocenters. The maximum Gasteiger partial charge on any atom is 0.123 e. The van der Waals surface area contributed by atoms with Crippen molar-refractivity contribution >= 4 is 21.6 Å². The average molecular weight is 422 g/mol. The van der Waals surface area contributed by atoms with E-state index in [1.165, 1.54) is 12.1 Å². The molecule has 1 heterocycles. The van der Waals surface area contributed by atoms with E-state index < -0.39 is 0 Å². The van der Waals surface area contributed by atoms with E-state index in [2.05, 4.69) is 21.2 Å². The lowest BCUT2D eigenvalue weighted by Crippen LogP contribution is -2.00. The van der Waals surface area contributed by atoms with Crippen LogP contribution in [0.1, 0.15) is 5.56 Å². The van der Waals surface area contributed by atoms with Crippen LogP contribution in [-0.2, 0) is 6.54 Å². The van der Waals surface area contributed by atoms with Crippen LogP contribution in [0.2, 0.25) is 0 Å². The number of nitrogens with zero attached hydrogens (tertiary/aromatic N) is 2. The lowest BCUT2D eigenvalue weighted by atomic mass is 10.1. The first-order chi connectivity index (χ1) is 13.2. The van der Waals surface area contributed by atoms with E-state index in [0.717, 1.165) is 32.7 Å². The molecule has 0 atom stereocenters. The minimum absolute atomic E-state index is 0.243. The number of para-hydroxylation sites is 1. The van der Waals surface area contributed by atoms with Gasteiger partial charge in [0.25, 0.3) is 0 Å². The maximum atomic E-state index is 13.1. The van der Waals surface area contributed by atoms with Crippen molar-refractivity contribution < 1.29 is 4.39 Å². The Morgan fingerprint density at radius 1 is 0.889 bits per heavy atom. The summed E-state index contributed by atoms with van der Waals surface area (Å²) in [6.45, 7) is 0.587. The van der Waals surface area contributed by atoms with Crippen LogP contribution in [0.3, 0.4) is 0 Å². The predicted molar refractivity (Wildman–Crippen MR) is 110 cm³/mol. The Kier molecular flexibility index (Phi) is 5.03. The molecular formula is C22H17BrFN3. The van der Waals surface area contributed by atoms with Crippen molar-refractivity contribution in [1.82, 2.24) is 9.78 Å². The van der Waals surface area contributed by atoms with Crippen molar-refractivity contribution in [3.05, 3.63) is 101 Å².